The third-order valence-electron chi connectivity index (χ3n) is 9.01. The second-order valence-electron chi connectivity index (χ2n) is 13.6. The molecule has 4 aromatic rings. The van der Waals surface area contributed by atoms with E-state index in [1.54, 1.807) is 39.0 Å². The summed E-state index contributed by atoms with van der Waals surface area (Å²) in [5.74, 6) is -3.86. The van der Waals surface area contributed by atoms with Crippen molar-refractivity contribution < 1.29 is 38.6 Å². The molecular formula is C41H43N2O8P. The number of amides is 2. The number of carbonyl (C=O) groups excluding carboxylic acids is 5. The Morgan fingerprint density at radius 2 is 1.29 bits per heavy atom. The van der Waals surface area contributed by atoms with Gasteiger partial charge in [-0.3, -0.25) is 19.2 Å². The number of benzene rings is 4. The van der Waals surface area contributed by atoms with Crippen molar-refractivity contribution >= 4 is 57.8 Å². The van der Waals surface area contributed by atoms with Crippen LogP contribution in [0.25, 0.3) is 0 Å². The smallest absolute Gasteiger partial charge is 0.358 e. The summed E-state index contributed by atoms with van der Waals surface area (Å²) < 4.78 is 11.1. The maximum Gasteiger partial charge on any atom is 0.358 e. The first-order chi connectivity index (χ1) is 24.8. The zero-order valence-electron chi connectivity index (χ0n) is 29.8. The van der Waals surface area contributed by atoms with Gasteiger partial charge in [0.15, 0.2) is 5.78 Å². The molecule has 5 rings (SSSR count). The maximum absolute atomic E-state index is 14.8. The third-order valence-corrected chi connectivity index (χ3v) is 13.3. The van der Waals surface area contributed by atoms with Crippen LogP contribution < -0.4 is 21.2 Å². The molecule has 0 aromatic heterocycles. The van der Waals surface area contributed by atoms with Gasteiger partial charge >= 0.3 is 11.9 Å². The molecular weight excluding hydrogens is 679 g/mol. The number of β-lactam (4-membered cyclic amide) rings is 1. The van der Waals surface area contributed by atoms with Gasteiger partial charge in [-0.15, -0.1) is 0 Å². The fourth-order valence-corrected chi connectivity index (χ4v) is 10.8. The molecule has 10 nitrogen and oxygen atoms in total. The Labute approximate surface area is 303 Å². The van der Waals surface area contributed by atoms with E-state index in [9.17, 15) is 29.1 Å². The normalized spacial score (nSPS) is 16.3. The number of nitrogens with zero attached hydrogens (tertiary/aromatic N) is 1. The molecule has 1 heterocycles. The maximum atomic E-state index is 14.8. The van der Waals surface area contributed by atoms with E-state index in [-0.39, 0.29) is 28.9 Å². The number of hydrogen-bond donors (Lipinski definition) is 2. The largest absolute Gasteiger partial charge is 0.427 e. The van der Waals surface area contributed by atoms with Gasteiger partial charge in [-0.25, -0.2) is 4.79 Å². The SMILES string of the molecule is CNC(=O)c1cccc(C(=O)CC2C(C(C)O)C(=O)N2C(C(=O)OCOC(=O)C(C)(C)C)=P(c2ccccc2)(c2ccccc2)c2ccccc2)c1. The average Bonchev–Trinajstić information content (AvgIpc) is 3.14. The van der Waals surface area contributed by atoms with E-state index < -0.39 is 60.8 Å². The van der Waals surface area contributed by atoms with Crippen LogP contribution in [0.2, 0.25) is 0 Å². The Balaban J connectivity index is 1.78. The van der Waals surface area contributed by atoms with Crippen LogP contribution in [-0.4, -0.2) is 70.9 Å². The monoisotopic (exact) mass is 722 g/mol. The summed E-state index contributed by atoms with van der Waals surface area (Å²) in [6.45, 7) is 2.43. The van der Waals surface area contributed by atoms with Crippen LogP contribution in [0.5, 0.6) is 0 Å². The van der Waals surface area contributed by atoms with Crippen molar-refractivity contribution in [2.45, 2.75) is 46.3 Å². The lowest BCUT2D eigenvalue weighted by Gasteiger charge is -2.50. The molecule has 1 saturated heterocycles. The van der Waals surface area contributed by atoms with E-state index in [1.807, 2.05) is 91.0 Å². The predicted octanol–water partition coefficient (Wildman–Crippen LogP) is 4.04. The van der Waals surface area contributed by atoms with Gasteiger partial charge in [-0.1, -0.05) is 103 Å². The van der Waals surface area contributed by atoms with E-state index in [4.69, 9.17) is 9.47 Å². The van der Waals surface area contributed by atoms with Crippen molar-refractivity contribution in [3.8, 4) is 0 Å². The molecule has 0 radical (unpaired) electrons. The lowest BCUT2D eigenvalue weighted by molar-refractivity contribution is -0.171. The molecule has 4 aromatic carbocycles. The number of esters is 2. The molecule has 0 saturated carbocycles. The Hall–Kier alpha value is -5.31. The van der Waals surface area contributed by atoms with E-state index in [0.717, 1.165) is 15.9 Å². The summed E-state index contributed by atoms with van der Waals surface area (Å²) in [7, 11) is 1.49. The highest BCUT2D eigenvalue weighted by Crippen LogP contribution is 2.50. The molecule has 270 valence electrons. The number of rotatable bonds is 12. The molecule has 1 aliphatic rings. The van der Waals surface area contributed by atoms with Gasteiger partial charge in [0.25, 0.3) is 5.91 Å². The first kappa shape index (κ1) is 37.9. The average molecular weight is 723 g/mol. The van der Waals surface area contributed by atoms with Crippen molar-refractivity contribution in [2.24, 2.45) is 11.3 Å². The van der Waals surface area contributed by atoms with Crippen LogP contribution in [0.3, 0.4) is 0 Å². The number of likely N-dealkylation sites (tertiary alicyclic amines) is 1. The number of ketones is 1. The highest BCUT2D eigenvalue weighted by molar-refractivity contribution is 7.96. The molecule has 3 unspecified atom stereocenters. The molecule has 1 aliphatic heterocycles. The van der Waals surface area contributed by atoms with Gasteiger partial charge in [0.2, 0.25) is 12.7 Å². The minimum absolute atomic E-state index is 0.0262. The number of ether oxygens (including phenoxy) is 2. The summed E-state index contributed by atoms with van der Waals surface area (Å²) in [5.41, 5.74) is -0.378. The lowest BCUT2D eigenvalue weighted by Crippen LogP contribution is -2.68. The molecule has 2 amide bonds. The lowest BCUT2D eigenvalue weighted by atomic mass is 9.79. The van der Waals surface area contributed by atoms with Crippen LogP contribution in [-0.2, 0) is 23.9 Å². The van der Waals surface area contributed by atoms with E-state index in [0.29, 0.717) is 0 Å². The molecule has 11 heteroatoms. The van der Waals surface area contributed by atoms with Crippen molar-refractivity contribution in [1.82, 2.24) is 10.2 Å². The fourth-order valence-electron chi connectivity index (χ4n) is 6.44. The first-order valence-electron chi connectivity index (χ1n) is 17.0. The molecule has 0 bridgehead atoms. The van der Waals surface area contributed by atoms with Gasteiger partial charge < -0.3 is 24.8 Å². The van der Waals surface area contributed by atoms with Crippen LogP contribution in [0.1, 0.15) is 54.8 Å². The van der Waals surface area contributed by atoms with Crippen molar-refractivity contribution in [1.29, 1.82) is 0 Å². The summed E-state index contributed by atoms with van der Waals surface area (Å²) in [4.78, 5) is 69.6. The topological polar surface area (TPSA) is 139 Å². The number of aliphatic hydroxyl groups is 1. The van der Waals surface area contributed by atoms with Crippen molar-refractivity contribution in [3.63, 3.8) is 0 Å². The second kappa shape index (κ2) is 15.9. The Bertz CT molecular complexity index is 1900. The molecule has 0 aliphatic carbocycles. The number of Topliss-reactive ketones (excluding diaryl/α,β-unsaturated/α-hetero) is 1. The summed E-state index contributed by atoms with van der Waals surface area (Å²) in [5, 5.41) is 15.7. The minimum atomic E-state index is -3.35. The number of hydrogen-bond acceptors (Lipinski definition) is 8. The quantitative estimate of drug-likeness (QED) is 0.0735. The first-order valence-corrected chi connectivity index (χ1v) is 18.8. The van der Waals surface area contributed by atoms with Crippen molar-refractivity contribution in [2.75, 3.05) is 13.8 Å². The summed E-state index contributed by atoms with van der Waals surface area (Å²) >= 11 is 0. The minimum Gasteiger partial charge on any atom is -0.427 e. The molecule has 2 N–H and O–H groups in total. The highest BCUT2D eigenvalue weighted by atomic mass is 31.2. The zero-order valence-corrected chi connectivity index (χ0v) is 30.7. The van der Waals surface area contributed by atoms with Crippen LogP contribution >= 0.6 is 6.89 Å². The number of nitrogens with one attached hydrogen (secondary N) is 1. The zero-order chi connectivity index (χ0) is 37.6. The van der Waals surface area contributed by atoms with E-state index >= 15 is 0 Å². The summed E-state index contributed by atoms with van der Waals surface area (Å²) in [6, 6.07) is 33.2. The number of aliphatic hydroxyl groups excluding tert-OH is 1. The van der Waals surface area contributed by atoms with Gasteiger partial charge in [-0.2, -0.15) is 0 Å². The van der Waals surface area contributed by atoms with Crippen LogP contribution in [0, 0.1) is 11.3 Å². The molecule has 0 spiro atoms. The van der Waals surface area contributed by atoms with E-state index in [2.05, 4.69) is 5.32 Å². The van der Waals surface area contributed by atoms with Crippen molar-refractivity contribution in [3.05, 3.63) is 126 Å². The Morgan fingerprint density at radius 1 is 0.788 bits per heavy atom. The fraction of sp³-hybridized carbons (Fsp3) is 0.268. The number of carbonyl (C=O) groups is 5. The Kier molecular flexibility index (Phi) is 11.6. The second-order valence-corrected chi connectivity index (χ2v) is 16.9. The van der Waals surface area contributed by atoms with Crippen LogP contribution in [0.4, 0.5) is 0 Å². The van der Waals surface area contributed by atoms with Gasteiger partial charge in [-0.05, 0) is 55.7 Å². The van der Waals surface area contributed by atoms with Gasteiger partial charge in [0.1, 0.15) is 5.42 Å². The molecule has 3 atom stereocenters. The standard InChI is InChI=1S/C41H43N2O8P/c1-27(44)35-33(25-34(45)28-16-15-17-29(24-28)36(46)42-5)43(37(35)47)38(39(48)50-26-51-40(49)41(2,3)4)52(30-18-9-6-10-19-30,31-20-11-7-12-21-31)32-22-13-8-14-23-32/h6-24,27,33,35,44H,25-26H2,1-5H3,(H,42,46). The van der Waals surface area contributed by atoms with E-state index in [1.165, 1.54) is 24.9 Å². The predicted molar refractivity (Wildman–Crippen MR) is 201 cm³/mol. The van der Waals surface area contributed by atoms with Gasteiger partial charge in [0.05, 0.1) is 23.5 Å². The third kappa shape index (κ3) is 7.49. The molecule has 52 heavy (non-hydrogen) atoms. The highest BCUT2D eigenvalue weighted by Gasteiger charge is 2.55. The summed E-state index contributed by atoms with van der Waals surface area (Å²) in [6.07, 6.45) is -1.44. The van der Waals surface area contributed by atoms with Gasteiger partial charge in [0, 0.05) is 31.5 Å². The van der Waals surface area contributed by atoms with Crippen LogP contribution in [0.15, 0.2) is 115 Å². The Morgan fingerprint density at radius 3 is 1.75 bits per heavy atom. The molecule has 1 fully saturated rings.